The van der Waals surface area contributed by atoms with Crippen LogP contribution in [0, 0.1) is 5.41 Å². The molecule has 0 spiro atoms. The topological polar surface area (TPSA) is 16.1 Å². The molecule has 0 atom stereocenters. The fraction of sp³-hybridized carbons (Fsp3) is 0.615. The molecule has 0 unspecified atom stereocenters. The van der Waals surface area contributed by atoms with Crippen LogP contribution in [0.5, 0.6) is 0 Å². The molecule has 0 N–H and O–H groups in total. The van der Waals surface area contributed by atoms with E-state index in [1.54, 1.807) is 0 Å². The van der Waals surface area contributed by atoms with Crippen LogP contribution in [0.2, 0.25) is 0 Å². The van der Waals surface area contributed by atoms with Gasteiger partial charge in [0.15, 0.2) is 0 Å². The lowest BCUT2D eigenvalue weighted by molar-refractivity contribution is 0.259. The van der Waals surface area contributed by atoms with Crippen molar-refractivity contribution in [1.29, 1.82) is 0 Å². The van der Waals surface area contributed by atoms with Crippen LogP contribution in [-0.2, 0) is 6.54 Å². The first-order valence-electron chi connectivity index (χ1n) is 5.55. The molecule has 2 nitrogen and oxygen atoms in total. The second-order valence-electron chi connectivity index (χ2n) is 5.40. The molecule has 0 aliphatic carbocycles. The highest BCUT2D eigenvalue weighted by atomic mass is 15.1. The predicted octanol–water partition coefficient (Wildman–Crippen LogP) is 2.95. The number of hydrogen-bond donors (Lipinski definition) is 0. The van der Waals surface area contributed by atoms with Crippen LogP contribution < -0.4 is 0 Å². The van der Waals surface area contributed by atoms with Crippen LogP contribution in [0.25, 0.3) is 0 Å². The highest BCUT2D eigenvalue weighted by Crippen LogP contribution is 2.18. The van der Waals surface area contributed by atoms with Gasteiger partial charge in [0.25, 0.3) is 0 Å². The van der Waals surface area contributed by atoms with Crippen LogP contribution in [0.4, 0.5) is 0 Å². The summed E-state index contributed by atoms with van der Waals surface area (Å²) >= 11 is 0. The van der Waals surface area contributed by atoms with Crippen molar-refractivity contribution in [2.24, 2.45) is 5.41 Å². The SMILES string of the molecule is CN(CCC(C)(C)C)Cc1ccncc1. The third-order valence-electron chi connectivity index (χ3n) is 2.45. The minimum absolute atomic E-state index is 0.423. The van der Waals surface area contributed by atoms with E-state index in [0.717, 1.165) is 13.1 Å². The summed E-state index contributed by atoms with van der Waals surface area (Å²) in [6.07, 6.45) is 4.94. The van der Waals surface area contributed by atoms with Crippen molar-refractivity contribution in [3.8, 4) is 0 Å². The van der Waals surface area contributed by atoms with E-state index < -0.39 is 0 Å². The maximum atomic E-state index is 4.02. The summed E-state index contributed by atoms with van der Waals surface area (Å²) in [6.45, 7) is 9.01. The van der Waals surface area contributed by atoms with Crippen LogP contribution >= 0.6 is 0 Å². The summed E-state index contributed by atoms with van der Waals surface area (Å²) in [6, 6.07) is 4.15. The van der Waals surface area contributed by atoms with Gasteiger partial charge in [0.05, 0.1) is 0 Å². The predicted molar refractivity (Wildman–Crippen MR) is 64.6 cm³/mol. The molecule has 1 aromatic rings. The Morgan fingerprint density at radius 2 is 1.80 bits per heavy atom. The highest BCUT2D eigenvalue weighted by Gasteiger charge is 2.11. The maximum absolute atomic E-state index is 4.02. The molecule has 2 heteroatoms. The Bertz CT molecular complexity index is 274. The smallest absolute Gasteiger partial charge is 0.0271 e. The van der Waals surface area contributed by atoms with Gasteiger partial charge in [0, 0.05) is 18.9 Å². The van der Waals surface area contributed by atoms with Gasteiger partial charge in [-0.1, -0.05) is 20.8 Å². The average molecular weight is 206 g/mol. The molecule has 0 amide bonds. The summed E-state index contributed by atoms with van der Waals surface area (Å²) < 4.78 is 0. The van der Waals surface area contributed by atoms with E-state index in [4.69, 9.17) is 0 Å². The van der Waals surface area contributed by atoms with Gasteiger partial charge < -0.3 is 4.90 Å². The number of aromatic nitrogens is 1. The summed E-state index contributed by atoms with van der Waals surface area (Å²) in [5.41, 5.74) is 1.76. The van der Waals surface area contributed by atoms with Crippen LogP contribution in [-0.4, -0.2) is 23.5 Å². The first-order valence-corrected chi connectivity index (χ1v) is 5.55. The number of nitrogens with zero attached hydrogens (tertiary/aromatic N) is 2. The van der Waals surface area contributed by atoms with Gasteiger partial charge in [0.2, 0.25) is 0 Å². The minimum atomic E-state index is 0.423. The molecule has 1 rings (SSSR count). The summed E-state index contributed by atoms with van der Waals surface area (Å²) in [5.74, 6) is 0. The standard InChI is InChI=1S/C13H22N2/c1-13(2,3)7-10-15(4)11-12-5-8-14-9-6-12/h5-6,8-9H,7,10-11H2,1-4H3. The van der Waals surface area contributed by atoms with Gasteiger partial charge in [-0.3, -0.25) is 4.98 Å². The van der Waals surface area contributed by atoms with E-state index in [1.165, 1.54) is 12.0 Å². The fourth-order valence-electron chi connectivity index (χ4n) is 1.41. The molecule has 1 aromatic heterocycles. The van der Waals surface area contributed by atoms with Gasteiger partial charge in [0.1, 0.15) is 0 Å². The number of pyridine rings is 1. The van der Waals surface area contributed by atoms with Crippen molar-refractivity contribution in [2.45, 2.75) is 33.7 Å². The molecule has 0 aliphatic rings. The molecule has 84 valence electrons. The van der Waals surface area contributed by atoms with Gasteiger partial charge in [-0.2, -0.15) is 0 Å². The second kappa shape index (κ2) is 5.26. The first kappa shape index (κ1) is 12.2. The van der Waals surface area contributed by atoms with E-state index in [-0.39, 0.29) is 0 Å². The van der Waals surface area contributed by atoms with Crippen molar-refractivity contribution in [2.75, 3.05) is 13.6 Å². The molecule has 0 saturated heterocycles. The lowest BCUT2D eigenvalue weighted by atomic mass is 9.92. The van der Waals surface area contributed by atoms with Gasteiger partial charge >= 0.3 is 0 Å². The zero-order valence-electron chi connectivity index (χ0n) is 10.3. The third kappa shape index (κ3) is 5.53. The molecular weight excluding hydrogens is 184 g/mol. The Hall–Kier alpha value is -0.890. The molecule has 0 saturated carbocycles. The Labute approximate surface area is 93.3 Å². The van der Waals surface area contributed by atoms with Crippen LogP contribution in [0.15, 0.2) is 24.5 Å². The van der Waals surface area contributed by atoms with E-state index in [2.05, 4.69) is 49.8 Å². The molecule has 0 bridgehead atoms. The quantitative estimate of drug-likeness (QED) is 0.753. The normalized spacial score (nSPS) is 12.1. The van der Waals surface area contributed by atoms with Crippen LogP contribution in [0.3, 0.4) is 0 Å². The maximum Gasteiger partial charge on any atom is 0.0271 e. The molecule has 0 fully saturated rings. The van der Waals surface area contributed by atoms with Crippen molar-refractivity contribution in [3.63, 3.8) is 0 Å². The molecule has 0 aliphatic heterocycles. The first-order chi connectivity index (χ1) is 6.97. The van der Waals surface area contributed by atoms with Crippen molar-refractivity contribution < 1.29 is 0 Å². The van der Waals surface area contributed by atoms with Crippen molar-refractivity contribution in [3.05, 3.63) is 30.1 Å². The molecule has 0 radical (unpaired) electrons. The number of hydrogen-bond acceptors (Lipinski definition) is 2. The fourth-order valence-corrected chi connectivity index (χ4v) is 1.41. The van der Waals surface area contributed by atoms with E-state index in [1.807, 2.05) is 12.4 Å². The largest absolute Gasteiger partial charge is 0.302 e. The van der Waals surface area contributed by atoms with Crippen molar-refractivity contribution in [1.82, 2.24) is 9.88 Å². The second-order valence-corrected chi connectivity index (χ2v) is 5.40. The molecule has 1 heterocycles. The van der Waals surface area contributed by atoms with E-state index in [0.29, 0.717) is 5.41 Å². The van der Waals surface area contributed by atoms with Crippen LogP contribution in [0.1, 0.15) is 32.8 Å². The number of rotatable bonds is 4. The van der Waals surface area contributed by atoms with Gasteiger partial charge in [-0.25, -0.2) is 0 Å². The molecule has 0 aromatic carbocycles. The summed E-state index contributed by atoms with van der Waals surface area (Å²) in [5, 5.41) is 0. The van der Waals surface area contributed by atoms with E-state index in [9.17, 15) is 0 Å². The monoisotopic (exact) mass is 206 g/mol. The molecule has 15 heavy (non-hydrogen) atoms. The Morgan fingerprint density at radius 3 is 2.33 bits per heavy atom. The Balaban J connectivity index is 2.34. The third-order valence-corrected chi connectivity index (χ3v) is 2.45. The van der Waals surface area contributed by atoms with E-state index >= 15 is 0 Å². The van der Waals surface area contributed by atoms with Gasteiger partial charge in [-0.15, -0.1) is 0 Å². The lowest BCUT2D eigenvalue weighted by Gasteiger charge is -2.23. The van der Waals surface area contributed by atoms with Crippen molar-refractivity contribution >= 4 is 0 Å². The average Bonchev–Trinajstić information content (AvgIpc) is 2.15. The lowest BCUT2D eigenvalue weighted by Crippen LogP contribution is -2.23. The Morgan fingerprint density at radius 1 is 1.20 bits per heavy atom. The zero-order chi connectivity index (χ0) is 11.3. The summed E-state index contributed by atoms with van der Waals surface area (Å²) in [7, 11) is 2.17. The highest BCUT2D eigenvalue weighted by molar-refractivity contribution is 5.09. The molecular formula is C13H22N2. The zero-order valence-corrected chi connectivity index (χ0v) is 10.3. The van der Waals surface area contributed by atoms with Gasteiger partial charge in [-0.05, 0) is 43.1 Å². The Kier molecular flexibility index (Phi) is 4.28. The summed E-state index contributed by atoms with van der Waals surface area (Å²) in [4.78, 5) is 6.38. The minimum Gasteiger partial charge on any atom is -0.302 e.